The van der Waals surface area contributed by atoms with Crippen molar-refractivity contribution in [1.29, 1.82) is 0 Å². The first kappa shape index (κ1) is 16.9. The predicted octanol–water partition coefficient (Wildman–Crippen LogP) is 4.35. The second kappa shape index (κ2) is 8.90. The Morgan fingerprint density at radius 1 is 1.19 bits per heavy atom. The van der Waals surface area contributed by atoms with Crippen LogP contribution in [-0.4, -0.2) is 4.57 Å². The van der Waals surface area contributed by atoms with Crippen LogP contribution in [0.5, 0.6) is 0 Å². The molecule has 7 heteroatoms. The third-order valence-corrected chi connectivity index (χ3v) is 1.88. The molecule has 0 amide bonds. The van der Waals surface area contributed by atoms with Crippen LogP contribution in [-0.2, 0) is 22.3 Å². The number of hydrogen-bond donors (Lipinski definition) is 0. The molecule has 0 aliphatic rings. The Labute approximate surface area is 117 Å². The van der Waals surface area contributed by atoms with E-state index in [1.807, 2.05) is 0 Å². The summed E-state index contributed by atoms with van der Waals surface area (Å²) in [5.74, 6) is 0. The first-order valence-electron chi connectivity index (χ1n) is 4.95. The van der Waals surface area contributed by atoms with Crippen LogP contribution in [0.1, 0.15) is 26.7 Å². The molecule has 0 atom stereocenters. The summed E-state index contributed by atoms with van der Waals surface area (Å²) in [7, 11) is 17.2. The van der Waals surface area contributed by atoms with E-state index < -0.39 is 9.20 Å². The number of imidazole rings is 1. The SMILES string of the molecule is CCCC[n+]1ccn(CC)c1.[Cl][Fe-]([Cl])([Cl])[Cl]. The number of aryl methyl sites for hydroxylation is 2. The molecule has 0 bridgehead atoms. The summed E-state index contributed by atoms with van der Waals surface area (Å²) in [6.07, 6.45) is 8.97. The van der Waals surface area contributed by atoms with Crippen LogP contribution in [0.4, 0.5) is 0 Å². The Morgan fingerprint density at radius 2 is 1.75 bits per heavy atom. The quantitative estimate of drug-likeness (QED) is 0.564. The zero-order chi connectivity index (χ0) is 12.6. The van der Waals surface area contributed by atoms with Crippen LogP contribution in [0.25, 0.3) is 0 Å². The Bertz CT molecular complexity index is 279. The molecule has 0 radical (unpaired) electrons. The van der Waals surface area contributed by atoms with Gasteiger partial charge in [-0.3, -0.25) is 0 Å². The van der Waals surface area contributed by atoms with E-state index >= 15 is 0 Å². The van der Waals surface area contributed by atoms with E-state index in [4.69, 9.17) is 40.4 Å². The average molecular weight is 351 g/mol. The van der Waals surface area contributed by atoms with E-state index in [-0.39, 0.29) is 0 Å². The van der Waals surface area contributed by atoms with Gasteiger partial charge < -0.3 is 0 Å². The van der Waals surface area contributed by atoms with E-state index in [0.717, 1.165) is 13.1 Å². The molecule has 0 spiro atoms. The van der Waals surface area contributed by atoms with Crippen molar-refractivity contribution >= 4 is 40.4 Å². The van der Waals surface area contributed by atoms with Crippen LogP contribution in [0.2, 0.25) is 0 Å². The van der Waals surface area contributed by atoms with Gasteiger partial charge >= 0.3 is 49.6 Å². The number of halogens is 4. The van der Waals surface area contributed by atoms with E-state index in [1.165, 1.54) is 12.8 Å². The van der Waals surface area contributed by atoms with Gasteiger partial charge in [0.2, 0.25) is 6.33 Å². The van der Waals surface area contributed by atoms with Gasteiger partial charge in [0.25, 0.3) is 0 Å². The van der Waals surface area contributed by atoms with Gasteiger partial charge in [-0.15, -0.1) is 0 Å². The summed E-state index contributed by atoms with van der Waals surface area (Å²) in [6.45, 7) is 6.60. The summed E-state index contributed by atoms with van der Waals surface area (Å²) >= 11 is 0. The molecule has 1 rings (SSSR count). The number of nitrogens with zero attached hydrogens (tertiary/aromatic N) is 2. The van der Waals surface area contributed by atoms with Crippen molar-refractivity contribution in [2.45, 2.75) is 39.8 Å². The first-order chi connectivity index (χ1) is 7.36. The van der Waals surface area contributed by atoms with E-state index in [0.29, 0.717) is 0 Å². The summed E-state index contributed by atoms with van der Waals surface area (Å²) in [5, 5.41) is 0. The van der Waals surface area contributed by atoms with Crippen molar-refractivity contribution in [2.75, 3.05) is 0 Å². The monoisotopic (exact) mass is 349 g/mol. The van der Waals surface area contributed by atoms with Crippen molar-refractivity contribution in [3.8, 4) is 0 Å². The Morgan fingerprint density at radius 3 is 2.12 bits per heavy atom. The minimum atomic E-state index is -2.61. The van der Waals surface area contributed by atoms with Gasteiger partial charge in [-0.1, -0.05) is 13.3 Å². The van der Waals surface area contributed by atoms with Crippen molar-refractivity contribution in [3.63, 3.8) is 0 Å². The minimum absolute atomic E-state index is 1.07. The summed E-state index contributed by atoms with van der Waals surface area (Å²) < 4.78 is 4.43. The Balaban J connectivity index is 0.000000385. The molecule has 1 aromatic heterocycles. The molecule has 0 fully saturated rings. The maximum atomic E-state index is 4.95. The fourth-order valence-electron chi connectivity index (χ4n) is 1.10. The number of aromatic nitrogens is 2. The first-order valence-corrected chi connectivity index (χ1v) is 11.0. The summed E-state index contributed by atoms with van der Waals surface area (Å²) in [5.41, 5.74) is 0. The molecule has 2 nitrogen and oxygen atoms in total. The summed E-state index contributed by atoms with van der Waals surface area (Å²) in [4.78, 5) is 0. The molecule has 1 aromatic rings. The predicted molar refractivity (Wildman–Crippen MR) is 68.6 cm³/mol. The third-order valence-electron chi connectivity index (χ3n) is 1.88. The molecule has 16 heavy (non-hydrogen) atoms. The van der Waals surface area contributed by atoms with Gasteiger partial charge in [-0.2, -0.15) is 0 Å². The van der Waals surface area contributed by atoms with Gasteiger partial charge in [-0.05, 0) is 13.3 Å². The molecule has 0 unspecified atom stereocenters. The topological polar surface area (TPSA) is 8.81 Å². The van der Waals surface area contributed by atoms with E-state index in [2.05, 4.69) is 41.7 Å². The zero-order valence-electron chi connectivity index (χ0n) is 9.32. The normalized spacial score (nSPS) is 11.9. The van der Waals surface area contributed by atoms with Crippen LogP contribution in [0, 0.1) is 0 Å². The number of hydrogen-bond acceptors (Lipinski definition) is 0. The average Bonchev–Trinajstić information content (AvgIpc) is 2.59. The summed E-state index contributed by atoms with van der Waals surface area (Å²) in [6, 6.07) is 0. The number of unbranched alkanes of at least 4 members (excludes halogenated alkanes) is 1. The fraction of sp³-hybridized carbons (Fsp3) is 0.667. The van der Waals surface area contributed by atoms with Crippen LogP contribution < -0.4 is 4.57 Å². The van der Waals surface area contributed by atoms with Crippen LogP contribution in [0.3, 0.4) is 0 Å². The van der Waals surface area contributed by atoms with Crippen molar-refractivity contribution in [1.82, 2.24) is 4.57 Å². The van der Waals surface area contributed by atoms with Crippen molar-refractivity contribution < 1.29 is 13.8 Å². The molecule has 0 aliphatic heterocycles. The Kier molecular flexibility index (Phi) is 9.40. The van der Waals surface area contributed by atoms with Gasteiger partial charge in [0.05, 0.1) is 13.1 Å². The van der Waals surface area contributed by atoms with Crippen molar-refractivity contribution in [3.05, 3.63) is 18.7 Å². The second-order valence-electron chi connectivity index (χ2n) is 3.14. The Hall–Kier alpha value is 0.889. The molecule has 0 saturated carbocycles. The van der Waals surface area contributed by atoms with E-state index in [9.17, 15) is 0 Å². The molecular formula is C9H17Cl4FeN2. The van der Waals surface area contributed by atoms with Gasteiger partial charge in [-0.25, -0.2) is 9.13 Å². The molecule has 99 valence electrons. The third kappa shape index (κ3) is 11.4. The van der Waals surface area contributed by atoms with Crippen molar-refractivity contribution in [2.24, 2.45) is 0 Å². The zero-order valence-corrected chi connectivity index (χ0v) is 13.4. The molecular weight excluding hydrogens is 334 g/mol. The maximum absolute atomic E-state index is 4.95. The van der Waals surface area contributed by atoms with Gasteiger partial charge in [0.1, 0.15) is 12.4 Å². The molecule has 0 N–H and O–H groups in total. The molecule has 0 saturated heterocycles. The second-order valence-corrected chi connectivity index (χ2v) is 14.1. The van der Waals surface area contributed by atoms with Crippen LogP contribution in [0.15, 0.2) is 18.7 Å². The number of rotatable bonds is 4. The van der Waals surface area contributed by atoms with Gasteiger partial charge in [0.15, 0.2) is 0 Å². The molecule has 0 aromatic carbocycles. The fourth-order valence-corrected chi connectivity index (χ4v) is 1.10. The molecule has 1 heterocycles. The molecule has 0 aliphatic carbocycles. The van der Waals surface area contributed by atoms with Gasteiger partial charge in [0, 0.05) is 0 Å². The van der Waals surface area contributed by atoms with E-state index in [1.54, 1.807) is 0 Å². The van der Waals surface area contributed by atoms with Crippen LogP contribution >= 0.6 is 40.4 Å². The standard InChI is InChI=1S/C9H17N2.4ClH.Fe/c1-3-5-6-11-8-7-10(4-2)9-11;;;;;/h7-9H,3-6H2,1-2H3;4*1H;/q+1;;;;;+3/p-4.